The Kier molecular flexibility index (Phi) is 8.42. The van der Waals surface area contributed by atoms with Crippen LogP contribution in [0, 0.1) is 11.2 Å². The van der Waals surface area contributed by atoms with Crippen LogP contribution in [0.3, 0.4) is 0 Å². The number of methoxy groups -OCH3 is 1. The van der Waals surface area contributed by atoms with E-state index in [4.69, 9.17) is 9.47 Å². The predicted octanol–water partition coefficient (Wildman–Crippen LogP) is 5.81. The standard InChI is InChI=1S/C33H40FN7O3/c1-33(2)19-41(14-10-30(33)42)31-16-23(7-11-35-31)44-22-5-6-26(25(34)15-22)39-32-24-17-28(38-21-8-12-40(3)13-9-21)29(43-4)18-27(24)36-20-37-32/h5-7,11,15-18,20-21,30,38,42H,8-10,12-14,19H2,1-4H3,(H,36,37,39). The second kappa shape index (κ2) is 12.4. The quantitative estimate of drug-likeness (QED) is 0.229. The third-order valence-corrected chi connectivity index (χ3v) is 8.68. The minimum Gasteiger partial charge on any atom is -0.495 e. The lowest BCUT2D eigenvalue weighted by molar-refractivity contribution is 0.0334. The first-order chi connectivity index (χ1) is 21.2. The van der Waals surface area contributed by atoms with Crippen LogP contribution < -0.4 is 25.0 Å². The van der Waals surface area contributed by atoms with Crippen molar-refractivity contribution < 1.29 is 19.0 Å². The first kappa shape index (κ1) is 29.8. The van der Waals surface area contributed by atoms with Gasteiger partial charge in [-0.3, -0.25) is 0 Å². The van der Waals surface area contributed by atoms with Gasteiger partial charge in [-0.05, 0) is 63.7 Å². The maximum Gasteiger partial charge on any atom is 0.150 e. The van der Waals surface area contributed by atoms with E-state index in [-0.39, 0.29) is 17.2 Å². The number of fused-ring (bicyclic) bond motifs is 1. The minimum absolute atomic E-state index is 0.241. The van der Waals surface area contributed by atoms with E-state index in [9.17, 15) is 5.11 Å². The molecule has 0 spiro atoms. The Morgan fingerprint density at radius 3 is 2.50 bits per heavy atom. The molecule has 2 aliphatic rings. The summed E-state index contributed by atoms with van der Waals surface area (Å²) >= 11 is 0. The summed E-state index contributed by atoms with van der Waals surface area (Å²) in [4.78, 5) is 17.8. The number of benzene rings is 2. The molecule has 0 aliphatic carbocycles. The molecule has 0 saturated carbocycles. The number of likely N-dealkylation sites (tertiary alicyclic amines) is 1. The molecule has 1 unspecified atom stereocenters. The number of halogens is 1. The van der Waals surface area contributed by atoms with Gasteiger partial charge in [-0.15, -0.1) is 0 Å². The molecular formula is C33H40FN7O3. The van der Waals surface area contributed by atoms with Gasteiger partial charge in [0.2, 0.25) is 0 Å². The summed E-state index contributed by atoms with van der Waals surface area (Å²) in [6.45, 7) is 7.56. The summed E-state index contributed by atoms with van der Waals surface area (Å²) in [5.41, 5.74) is 1.57. The maximum absolute atomic E-state index is 15.4. The Morgan fingerprint density at radius 1 is 0.955 bits per heavy atom. The number of aliphatic hydroxyl groups is 1. The van der Waals surface area contributed by atoms with Crippen LogP contribution in [0.2, 0.25) is 0 Å². The summed E-state index contributed by atoms with van der Waals surface area (Å²) in [6.07, 6.45) is 5.53. The lowest BCUT2D eigenvalue weighted by Gasteiger charge is -2.42. The Morgan fingerprint density at radius 2 is 1.75 bits per heavy atom. The molecular weight excluding hydrogens is 561 g/mol. The molecule has 3 N–H and O–H groups in total. The number of aromatic nitrogens is 3. The molecule has 0 bridgehead atoms. The number of hydrogen-bond donors (Lipinski definition) is 3. The fourth-order valence-corrected chi connectivity index (χ4v) is 5.94. The average Bonchev–Trinajstić information content (AvgIpc) is 3.01. The Labute approximate surface area is 257 Å². The van der Waals surface area contributed by atoms with Gasteiger partial charge in [0.05, 0.1) is 30.1 Å². The second-order valence-corrected chi connectivity index (χ2v) is 12.4. The number of rotatable bonds is 8. The van der Waals surface area contributed by atoms with Crippen LogP contribution >= 0.6 is 0 Å². The molecule has 6 rings (SSSR count). The van der Waals surface area contributed by atoms with Crippen LogP contribution in [0.15, 0.2) is 55.0 Å². The van der Waals surface area contributed by atoms with Crippen molar-refractivity contribution in [3.05, 3.63) is 60.8 Å². The molecule has 2 fully saturated rings. The van der Waals surface area contributed by atoms with Crippen molar-refractivity contribution in [3.63, 3.8) is 0 Å². The maximum atomic E-state index is 15.4. The number of aliphatic hydroxyl groups excluding tert-OH is 1. The van der Waals surface area contributed by atoms with Crippen LogP contribution in [-0.2, 0) is 0 Å². The van der Waals surface area contributed by atoms with Gasteiger partial charge in [-0.2, -0.15) is 0 Å². The summed E-state index contributed by atoms with van der Waals surface area (Å²) in [5.74, 6) is 2.40. The van der Waals surface area contributed by atoms with Gasteiger partial charge < -0.3 is 35.0 Å². The molecule has 2 aliphatic heterocycles. The van der Waals surface area contributed by atoms with Crippen molar-refractivity contribution in [2.75, 3.05) is 55.9 Å². The number of anilines is 4. The molecule has 4 heterocycles. The van der Waals surface area contributed by atoms with E-state index >= 15 is 4.39 Å². The van der Waals surface area contributed by atoms with Crippen molar-refractivity contribution in [1.29, 1.82) is 0 Å². The van der Waals surface area contributed by atoms with Crippen molar-refractivity contribution in [3.8, 4) is 17.2 Å². The van der Waals surface area contributed by atoms with Gasteiger partial charge in [0, 0.05) is 54.3 Å². The van der Waals surface area contributed by atoms with E-state index in [0.29, 0.717) is 54.1 Å². The van der Waals surface area contributed by atoms with Crippen molar-refractivity contribution >= 4 is 33.9 Å². The molecule has 0 amide bonds. The van der Waals surface area contributed by atoms with E-state index in [1.807, 2.05) is 18.2 Å². The van der Waals surface area contributed by atoms with Gasteiger partial charge in [0.25, 0.3) is 0 Å². The summed E-state index contributed by atoms with van der Waals surface area (Å²) < 4.78 is 27.1. The van der Waals surface area contributed by atoms with Crippen molar-refractivity contribution in [2.45, 2.75) is 45.3 Å². The zero-order valence-corrected chi connectivity index (χ0v) is 25.7. The number of pyridine rings is 1. The fraction of sp³-hybridized carbons (Fsp3) is 0.424. The normalized spacial score (nSPS) is 19.1. The zero-order chi connectivity index (χ0) is 30.8. The van der Waals surface area contributed by atoms with Crippen molar-refractivity contribution in [1.82, 2.24) is 19.9 Å². The molecule has 10 nitrogen and oxygen atoms in total. The van der Waals surface area contributed by atoms with E-state index in [0.717, 1.165) is 42.8 Å². The highest BCUT2D eigenvalue weighted by Gasteiger charge is 2.35. The van der Waals surface area contributed by atoms with Crippen LogP contribution in [0.1, 0.15) is 33.1 Å². The van der Waals surface area contributed by atoms with E-state index < -0.39 is 5.82 Å². The van der Waals surface area contributed by atoms with E-state index in [1.54, 1.807) is 31.5 Å². The molecule has 2 aromatic heterocycles. The smallest absolute Gasteiger partial charge is 0.150 e. The molecule has 0 radical (unpaired) electrons. The molecule has 4 aromatic rings. The SMILES string of the molecule is COc1cc2ncnc(Nc3ccc(Oc4ccnc(N5CCC(O)C(C)(C)C5)c4)cc3F)c2cc1NC1CCN(C)CC1. The van der Waals surface area contributed by atoms with Crippen LogP contribution in [-0.4, -0.2) is 77.4 Å². The van der Waals surface area contributed by atoms with Gasteiger partial charge in [0.1, 0.15) is 41.0 Å². The van der Waals surface area contributed by atoms with Crippen LogP contribution in [0.5, 0.6) is 17.2 Å². The first-order valence-electron chi connectivity index (χ1n) is 15.1. The molecule has 2 aromatic carbocycles. The van der Waals surface area contributed by atoms with E-state index in [2.05, 4.69) is 56.3 Å². The number of nitrogens with one attached hydrogen (secondary N) is 2. The van der Waals surface area contributed by atoms with Crippen LogP contribution in [0.4, 0.5) is 27.4 Å². The van der Waals surface area contributed by atoms with Gasteiger partial charge in [0.15, 0.2) is 0 Å². The number of hydrogen-bond acceptors (Lipinski definition) is 10. The van der Waals surface area contributed by atoms with E-state index in [1.165, 1.54) is 12.4 Å². The predicted molar refractivity (Wildman–Crippen MR) is 171 cm³/mol. The molecule has 2 saturated heterocycles. The highest BCUT2D eigenvalue weighted by molar-refractivity contribution is 5.95. The highest BCUT2D eigenvalue weighted by Crippen LogP contribution is 2.36. The summed E-state index contributed by atoms with van der Waals surface area (Å²) in [6, 6.07) is 12.5. The lowest BCUT2D eigenvalue weighted by atomic mass is 9.81. The van der Waals surface area contributed by atoms with Crippen LogP contribution in [0.25, 0.3) is 10.9 Å². The molecule has 44 heavy (non-hydrogen) atoms. The second-order valence-electron chi connectivity index (χ2n) is 12.4. The fourth-order valence-electron chi connectivity index (χ4n) is 5.94. The first-order valence-corrected chi connectivity index (χ1v) is 15.1. The Hall–Kier alpha value is -4.22. The monoisotopic (exact) mass is 601 g/mol. The lowest BCUT2D eigenvalue weighted by Crippen LogP contribution is -2.48. The Bertz CT molecular complexity index is 1630. The molecule has 232 valence electrons. The Balaban J connectivity index is 1.19. The largest absolute Gasteiger partial charge is 0.495 e. The number of ether oxygens (including phenoxy) is 2. The highest BCUT2D eigenvalue weighted by atomic mass is 19.1. The number of piperidine rings is 2. The van der Waals surface area contributed by atoms with Gasteiger partial charge >= 0.3 is 0 Å². The average molecular weight is 602 g/mol. The molecule has 1 atom stereocenters. The van der Waals surface area contributed by atoms with Crippen molar-refractivity contribution in [2.24, 2.45) is 5.41 Å². The third kappa shape index (κ3) is 6.48. The summed E-state index contributed by atoms with van der Waals surface area (Å²) in [7, 11) is 3.78. The van der Waals surface area contributed by atoms with Gasteiger partial charge in [-0.1, -0.05) is 13.8 Å². The minimum atomic E-state index is -0.478. The third-order valence-electron chi connectivity index (χ3n) is 8.68. The zero-order valence-electron chi connectivity index (χ0n) is 25.7. The summed E-state index contributed by atoms with van der Waals surface area (Å²) in [5, 5.41) is 17.9. The van der Waals surface area contributed by atoms with Gasteiger partial charge in [-0.25, -0.2) is 19.3 Å². The number of nitrogens with zero attached hydrogens (tertiary/aromatic N) is 5. The molecule has 11 heteroatoms. The topological polar surface area (TPSA) is 108 Å².